The first-order valence-corrected chi connectivity index (χ1v) is 7.80. The van der Waals surface area contributed by atoms with Crippen molar-refractivity contribution in [1.82, 2.24) is 4.98 Å². The molecule has 1 aromatic heterocycles. The zero-order valence-electron chi connectivity index (χ0n) is 13.3. The van der Waals surface area contributed by atoms with Gasteiger partial charge in [-0.25, -0.2) is 4.79 Å². The lowest BCUT2D eigenvalue weighted by atomic mass is 9.75. The van der Waals surface area contributed by atoms with Crippen LogP contribution in [0, 0.1) is 17.8 Å². The summed E-state index contributed by atoms with van der Waals surface area (Å²) in [5.74, 6) is 1.22. The molecule has 2 rings (SSSR count). The van der Waals surface area contributed by atoms with Crippen LogP contribution in [0.25, 0.3) is 0 Å². The fourth-order valence-corrected chi connectivity index (χ4v) is 2.99. The molecule has 5 nitrogen and oxygen atoms in total. The van der Waals surface area contributed by atoms with Crippen molar-refractivity contribution >= 4 is 5.97 Å². The smallest absolute Gasteiger partial charge is 0.394 e. The molecule has 1 heterocycles. The van der Waals surface area contributed by atoms with Crippen LogP contribution < -0.4 is 4.74 Å². The summed E-state index contributed by atoms with van der Waals surface area (Å²) in [6.45, 7) is 8.75. The van der Waals surface area contributed by atoms with Gasteiger partial charge in [0.2, 0.25) is 0 Å². The Morgan fingerprint density at radius 2 is 2.24 bits per heavy atom. The van der Waals surface area contributed by atoms with Gasteiger partial charge in [0.15, 0.2) is 5.69 Å². The zero-order chi connectivity index (χ0) is 15.4. The molecule has 5 heteroatoms. The molecule has 0 saturated heterocycles. The number of carbonyl (C=O) groups is 1. The summed E-state index contributed by atoms with van der Waals surface area (Å²) in [6.07, 6.45) is 4.96. The number of rotatable bonds is 5. The van der Waals surface area contributed by atoms with Crippen LogP contribution in [0.2, 0.25) is 0 Å². The maximum atomic E-state index is 11.6. The van der Waals surface area contributed by atoms with Gasteiger partial charge in [-0.3, -0.25) is 0 Å². The highest BCUT2D eigenvalue weighted by Gasteiger charge is 2.33. The first kappa shape index (κ1) is 15.9. The maximum Gasteiger partial charge on any atom is 0.394 e. The highest BCUT2D eigenvalue weighted by Crippen LogP contribution is 2.35. The second-order valence-electron chi connectivity index (χ2n) is 6.20. The largest absolute Gasteiger partial charge is 0.461 e. The number of nitrogens with zero attached hydrogens (tertiary/aromatic N) is 1. The van der Waals surface area contributed by atoms with E-state index in [2.05, 4.69) is 25.8 Å². The third-order valence-corrected chi connectivity index (χ3v) is 4.18. The van der Waals surface area contributed by atoms with E-state index in [-0.39, 0.29) is 17.9 Å². The number of ether oxygens (including phenoxy) is 2. The zero-order valence-corrected chi connectivity index (χ0v) is 13.3. The quantitative estimate of drug-likeness (QED) is 0.775. The summed E-state index contributed by atoms with van der Waals surface area (Å²) in [5, 5.41) is 0. The number of hydrogen-bond donors (Lipinski definition) is 0. The fraction of sp³-hybridized carbons (Fsp3) is 0.750. The van der Waals surface area contributed by atoms with E-state index in [1.165, 1.54) is 12.7 Å². The average molecular weight is 295 g/mol. The Balaban J connectivity index is 2.03. The maximum absolute atomic E-state index is 11.6. The van der Waals surface area contributed by atoms with Crippen LogP contribution in [0.4, 0.5) is 0 Å². The highest BCUT2D eigenvalue weighted by atomic mass is 16.6. The fourth-order valence-electron chi connectivity index (χ4n) is 2.99. The molecule has 3 unspecified atom stereocenters. The average Bonchev–Trinajstić information content (AvgIpc) is 2.87. The van der Waals surface area contributed by atoms with Crippen molar-refractivity contribution in [3.8, 4) is 6.08 Å². The lowest BCUT2D eigenvalue weighted by Gasteiger charge is -2.36. The molecule has 118 valence electrons. The molecule has 1 fully saturated rings. The van der Waals surface area contributed by atoms with E-state index in [9.17, 15) is 4.79 Å². The summed E-state index contributed by atoms with van der Waals surface area (Å²) in [6, 6.07) is 0. The van der Waals surface area contributed by atoms with Crippen molar-refractivity contribution in [2.75, 3.05) is 6.61 Å². The summed E-state index contributed by atoms with van der Waals surface area (Å²) < 4.78 is 16.1. The van der Waals surface area contributed by atoms with Crippen LogP contribution in [0.5, 0.6) is 6.08 Å². The van der Waals surface area contributed by atoms with Crippen LogP contribution in [0.15, 0.2) is 10.7 Å². The third kappa shape index (κ3) is 3.99. The van der Waals surface area contributed by atoms with Crippen molar-refractivity contribution in [1.29, 1.82) is 0 Å². The Labute approximate surface area is 126 Å². The van der Waals surface area contributed by atoms with Gasteiger partial charge in [0.05, 0.1) is 6.61 Å². The summed E-state index contributed by atoms with van der Waals surface area (Å²) in [7, 11) is 0. The second-order valence-corrected chi connectivity index (χ2v) is 6.20. The Morgan fingerprint density at radius 3 is 2.90 bits per heavy atom. The molecule has 0 aromatic carbocycles. The van der Waals surface area contributed by atoms with Crippen molar-refractivity contribution < 1.29 is 18.7 Å². The lowest BCUT2D eigenvalue weighted by molar-refractivity contribution is 0.0243. The molecular formula is C16H25NO4. The molecule has 1 saturated carbocycles. The van der Waals surface area contributed by atoms with Crippen LogP contribution in [0.1, 0.15) is 57.4 Å². The first-order chi connectivity index (χ1) is 10.0. The van der Waals surface area contributed by atoms with Crippen molar-refractivity contribution in [2.24, 2.45) is 17.8 Å². The van der Waals surface area contributed by atoms with Gasteiger partial charge in [0, 0.05) is 0 Å². The molecule has 0 radical (unpaired) electrons. The van der Waals surface area contributed by atoms with E-state index < -0.39 is 5.97 Å². The molecule has 3 atom stereocenters. The minimum absolute atomic E-state index is 0.0995. The van der Waals surface area contributed by atoms with Gasteiger partial charge in [-0.2, -0.15) is 4.98 Å². The molecule has 0 amide bonds. The predicted molar refractivity (Wildman–Crippen MR) is 78.2 cm³/mol. The molecule has 0 spiro atoms. The minimum Gasteiger partial charge on any atom is -0.461 e. The van der Waals surface area contributed by atoms with Crippen molar-refractivity contribution in [3.05, 3.63) is 12.0 Å². The highest BCUT2D eigenvalue weighted by molar-refractivity contribution is 5.86. The summed E-state index contributed by atoms with van der Waals surface area (Å²) in [4.78, 5) is 15.7. The second kappa shape index (κ2) is 6.96. The number of oxazole rings is 1. The van der Waals surface area contributed by atoms with E-state index in [1.807, 2.05) is 0 Å². The molecule has 1 aromatic rings. The SMILES string of the molecule is CCOC(=O)c1coc(OC2CC(C)CCC2C(C)C)n1. The van der Waals surface area contributed by atoms with E-state index in [1.54, 1.807) is 6.92 Å². The third-order valence-electron chi connectivity index (χ3n) is 4.18. The molecule has 1 aliphatic carbocycles. The standard InChI is InChI=1S/C16H25NO4/c1-5-19-15(18)13-9-20-16(17-13)21-14-8-11(4)6-7-12(14)10(2)3/h9-12,14H,5-8H2,1-4H3. The summed E-state index contributed by atoms with van der Waals surface area (Å²) >= 11 is 0. The number of aromatic nitrogens is 1. The predicted octanol–water partition coefficient (Wildman–Crippen LogP) is 3.69. The first-order valence-electron chi connectivity index (χ1n) is 7.80. The van der Waals surface area contributed by atoms with Crippen LogP contribution in [0.3, 0.4) is 0 Å². The number of esters is 1. The van der Waals surface area contributed by atoms with E-state index in [0.29, 0.717) is 24.4 Å². The Hall–Kier alpha value is -1.52. The Kier molecular flexibility index (Phi) is 5.26. The van der Waals surface area contributed by atoms with Crippen molar-refractivity contribution in [2.45, 2.75) is 53.1 Å². The van der Waals surface area contributed by atoms with Gasteiger partial charge in [-0.05, 0) is 37.5 Å². The van der Waals surface area contributed by atoms with Crippen LogP contribution >= 0.6 is 0 Å². The molecule has 1 aliphatic rings. The normalized spacial score (nSPS) is 25.9. The van der Waals surface area contributed by atoms with Gasteiger partial charge in [-0.15, -0.1) is 0 Å². The molecule has 0 bridgehead atoms. The van der Waals surface area contributed by atoms with Gasteiger partial charge < -0.3 is 13.9 Å². The minimum atomic E-state index is -0.478. The monoisotopic (exact) mass is 295 g/mol. The lowest BCUT2D eigenvalue weighted by Crippen LogP contribution is -2.36. The number of hydrogen-bond acceptors (Lipinski definition) is 5. The van der Waals surface area contributed by atoms with Gasteiger partial charge in [0.25, 0.3) is 0 Å². The topological polar surface area (TPSA) is 61.6 Å². The van der Waals surface area contributed by atoms with E-state index in [4.69, 9.17) is 13.9 Å². The van der Waals surface area contributed by atoms with Crippen LogP contribution in [-0.4, -0.2) is 23.7 Å². The molecule has 0 N–H and O–H groups in total. The Bertz CT molecular complexity index is 469. The Morgan fingerprint density at radius 1 is 1.48 bits per heavy atom. The molecule has 21 heavy (non-hydrogen) atoms. The van der Waals surface area contributed by atoms with E-state index >= 15 is 0 Å². The van der Waals surface area contributed by atoms with E-state index in [0.717, 1.165) is 12.8 Å². The number of carbonyl (C=O) groups excluding carboxylic acids is 1. The van der Waals surface area contributed by atoms with Crippen molar-refractivity contribution in [3.63, 3.8) is 0 Å². The summed E-state index contributed by atoms with van der Waals surface area (Å²) in [5.41, 5.74) is 0.164. The molecule has 0 aliphatic heterocycles. The molecular weight excluding hydrogens is 270 g/mol. The van der Waals surface area contributed by atoms with Gasteiger partial charge >= 0.3 is 12.0 Å². The van der Waals surface area contributed by atoms with Gasteiger partial charge in [-0.1, -0.05) is 27.2 Å². The van der Waals surface area contributed by atoms with Crippen LogP contribution in [-0.2, 0) is 4.74 Å². The van der Waals surface area contributed by atoms with Gasteiger partial charge in [0.1, 0.15) is 12.4 Å².